The number of amides is 4. The van der Waals surface area contributed by atoms with Gasteiger partial charge in [-0.1, -0.05) is 50.8 Å². The molecule has 68 heavy (non-hydrogen) atoms. The fourth-order valence-electron chi connectivity index (χ4n) is 8.93. The molecule has 7 rings (SSSR count). The highest BCUT2D eigenvalue weighted by Gasteiger charge is 2.32. The molecule has 5 N–H and O–H groups in total. The Morgan fingerprint density at radius 1 is 0.868 bits per heavy atom. The molecule has 0 bridgehead atoms. The summed E-state index contributed by atoms with van der Waals surface area (Å²) in [5.74, 6) is 0.359. The molecule has 368 valence electrons. The number of fused-ring (bicyclic) bond motifs is 1. The lowest BCUT2D eigenvalue weighted by molar-refractivity contribution is -0.135. The van der Waals surface area contributed by atoms with E-state index < -0.39 is 22.0 Å². The first-order valence-corrected chi connectivity index (χ1v) is 25.7. The van der Waals surface area contributed by atoms with Crippen LogP contribution in [0.5, 0.6) is 0 Å². The van der Waals surface area contributed by atoms with Crippen LogP contribution >= 0.6 is 0 Å². The number of ether oxygens (including phenoxy) is 2. The van der Waals surface area contributed by atoms with E-state index in [2.05, 4.69) is 33.2 Å². The van der Waals surface area contributed by atoms with Crippen LogP contribution in [-0.4, -0.2) is 132 Å². The number of imide groups is 1. The highest BCUT2D eigenvalue weighted by Crippen LogP contribution is 2.27. The van der Waals surface area contributed by atoms with Gasteiger partial charge >= 0.3 is 11.7 Å². The third kappa shape index (κ3) is 12.7. The predicted molar refractivity (Wildman–Crippen MR) is 260 cm³/mol. The van der Waals surface area contributed by atoms with Crippen LogP contribution in [0.3, 0.4) is 0 Å². The van der Waals surface area contributed by atoms with Gasteiger partial charge in [0.15, 0.2) is 0 Å². The topological polar surface area (TPSA) is 235 Å². The van der Waals surface area contributed by atoms with Gasteiger partial charge in [-0.15, -0.1) is 0 Å². The van der Waals surface area contributed by atoms with E-state index in [-0.39, 0.29) is 66.9 Å². The maximum atomic E-state index is 13.7. The lowest BCUT2D eigenvalue weighted by Gasteiger charge is -2.34. The van der Waals surface area contributed by atoms with Gasteiger partial charge in [-0.25, -0.2) is 23.0 Å². The van der Waals surface area contributed by atoms with Crippen molar-refractivity contribution in [2.75, 3.05) is 76.3 Å². The quantitative estimate of drug-likeness (QED) is 0.0378. The molecule has 20 heteroatoms. The van der Waals surface area contributed by atoms with E-state index in [1.807, 2.05) is 18.2 Å². The Balaban J connectivity index is 0.761. The highest BCUT2D eigenvalue weighted by atomic mass is 32.2. The van der Waals surface area contributed by atoms with Crippen molar-refractivity contribution in [3.63, 3.8) is 0 Å². The molecule has 1 aliphatic carbocycles. The van der Waals surface area contributed by atoms with Crippen molar-refractivity contribution in [2.24, 2.45) is 7.05 Å². The SMILES string of the molecule is CCCCNc1ncc(C(=N)c2ccc(S(=O)(=O)N3CCN(C(=O)NCCCOCCCOCCCc4ccc5c(c4)n(C)c(=O)n5C4CCC(=O)NC4=O)CC3)cc2)c(NC2CCCCC2)n1. The van der Waals surface area contributed by atoms with E-state index in [1.165, 1.54) is 32.0 Å². The Hall–Kier alpha value is -5.70. The number of hydrogen-bond acceptors (Lipinski definition) is 13. The van der Waals surface area contributed by atoms with E-state index in [4.69, 9.17) is 19.9 Å². The third-order valence-electron chi connectivity index (χ3n) is 12.9. The molecule has 4 heterocycles. The number of carbonyl (C=O) groups is 3. The number of rotatable bonds is 23. The summed E-state index contributed by atoms with van der Waals surface area (Å²) in [7, 11) is -2.13. The van der Waals surface area contributed by atoms with E-state index in [9.17, 15) is 27.6 Å². The molecular formula is C48H67N11O8S. The molecular weight excluding hydrogens is 891 g/mol. The second-order valence-corrected chi connectivity index (χ2v) is 19.7. The van der Waals surface area contributed by atoms with E-state index in [0.717, 1.165) is 75.4 Å². The van der Waals surface area contributed by atoms with Gasteiger partial charge in [0.05, 0.1) is 27.2 Å². The van der Waals surface area contributed by atoms with Gasteiger partial charge in [0, 0.05) is 97.0 Å². The standard InChI is InChI=1S/C48H67N11O8S/c1-3-4-22-50-46-52-33-38(44(55-46)53-36-12-6-5-7-13-36)43(49)35-15-17-37(18-16-35)68(64,65)58-26-24-57(25-27-58)47(62)51-23-9-29-67-31-10-30-66-28-8-11-34-14-19-39-41(32-34)56(2)48(63)59(39)40-20-21-42(60)54-45(40)61/h14-19,32-33,36,40,49H,3-13,20-31H2,1-2H3,(H,51,62)(H,54,60,61)(H2,50,52,53,55). The number of aromatic nitrogens is 4. The molecule has 4 aromatic rings. The number of carbonyl (C=O) groups excluding carboxylic acids is 3. The van der Waals surface area contributed by atoms with E-state index in [0.29, 0.717) is 74.2 Å². The number of hydrogen-bond donors (Lipinski definition) is 5. The van der Waals surface area contributed by atoms with Crippen LogP contribution in [0.15, 0.2) is 58.4 Å². The minimum absolute atomic E-state index is 0.134. The summed E-state index contributed by atoms with van der Waals surface area (Å²) in [5, 5.41) is 21.2. The lowest BCUT2D eigenvalue weighted by atomic mass is 9.95. The monoisotopic (exact) mass is 957 g/mol. The molecule has 4 amide bonds. The Bertz CT molecular complexity index is 2550. The van der Waals surface area contributed by atoms with Gasteiger partial charge in [0.2, 0.25) is 27.8 Å². The summed E-state index contributed by atoms with van der Waals surface area (Å²) < 4.78 is 43.3. The van der Waals surface area contributed by atoms with Crippen LogP contribution in [0.4, 0.5) is 16.6 Å². The van der Waals surface area contributed by atoms with Crippen molar-refractivity contribution in [1.82, 2.24) is 38.9 Å². The summed E-state index contributed by atoms with van der Waals surface area (Å²) in [6, 6.07) is 11.5. The van der Waals surface area contributed by atoms with Gasteiger partial charge in [-0.3, -0.25) is 29.4 Å². The molecule has 1 atom stereocenters. The predicted octanol–water partition coefficient (Wildman–Crippen LogP) is 4.94. The van der Waals surface area contributed by atoms with Crippen LogP contribution in [0.25, 0.3) is 11.0 Å². The number of urea groups is 1. The maximum Gasteiger partial charge on any atom is 0.329 e. The second-order valence-electron chi connectivity index (χ2n) is 17.8. The number of sulfonamides is 1. The Morgan fingerprint density at radius 2 is 1.59 bits per heavy atom. The summed E-state index contributed by atoms with van der Waals surface area (Å²) in [5.41, 5.74) is 3.50. The highest BCUT2D eigenvalue weighted by molar-refractivity contribution is 7.89. The molecule has 2 aliphatic heterocycles. The summed E-state index contributed by atoms with van der Waals surface area (Å²) in [4.78, 5) is 61.0. The second kappa shape index (κ2) is 24.0. The smallest absolute Gasteiger partial charge is 0.329 e. The zero-order chi connectivity index (χ0) is 48.0. The molecule has 1 unspecified atom stereocenters. The fourth-order valence-corrected chi connectivity index (χ4v) is 10.4. The number of aryl methyl sites for hydroxylation is 2. The number of benzene rings is 2. The number of piperazine rings is 1. The number of nitrogens with one attached hydrogen (secondary N) is 5. The first-order chi connectivity index (χ1) is 32.9. The van der Waals surface area contributed by atoms with Crippen molar-refractivity contribution in [1.29, 1.82) is 5.41 Å². The van der Waals surface area contributed by atoms with Gasteiger partial charge in [-0.2, -0.15) is 9.29 Å². The molecule has 19 nitrogen and oxygen atoms in total. The number of unbranched alkanes of at least 4 members (excludes halogenated alkanes) is 1. The van der Waals surface area contributed by atoms with Crippen molar-refractivity contribution < 1.29 is 32.3 Å². The number of piperidine rings is 1. The number of anilines is 2. The normalized spacial score (nSPS) is 17.3. The summed E-state index contributed by atoms with van der Waals surface area (Å²) >= 11 is 0. The van der Waals surface area contributed by atoms with Crippen molar-refractivity contribution in [3.8, 4) is 0 Å². The van der Waals surface area contributed by atoms with Gasteiger partial charge < -0.3 is 30.3 Å². The number of imidazole rings is 1. The van der Waals surface area contributed by atoms with E-state index in [1.54, 1.807) is 30.3 Å². The zero-order valence-electron chi connectivity index (χ0n) is 39.4. The average molecular weight is 958 g/mol. The average Bonchev–Trinajstić information content (AvgIpc) is 3.59. The first-order valence-electron chi connectivity index (χ1n) is 24.2. The first kappa shape index (κ1) is 50.2. The minimum atomic E-state index is -3.82. The zero-order valence-corrected chi connectivity index (χ0v) is 40.2. The molecule has 3 aliphatic rings. The van der Waals surface area contributed by atoms with Crippen molar-refractivity contribution >= 4 is 56.4 Å². The summed E-state index contributed by atoms with van der Waals surface area (Å²) in [6.45, 7) is 6.34. The van der Waals surface area contributed by atoms with E-state index >= 15 is 0 Å². The molecule has 3 fully saturated rings. The Labute approximate surface area is 398 Å². The van der Waals surface area contributed by atoms with Gasteiger partial charge in [0.1, 0.15) is 11.9 Å². The van der Waals surface area contributed by atoms with Crippen LogP contribution in [0, 0.1) is 5.41 Å². The fraction of sp³-hybridized carbons (Fsp3) is 0.562. The molecule has 0 radical (unpaired) electrons. The Kier molecular flexibility index (Phi) is 17.7. The largest absolute Gasteiger partial charge is 0.381 e. The Morgan fingerprint density at radius 3 is 2.31 bits per heavy atom. The lowest BCUT2D eigenvalue weighted by Crippen LogP contribution is -2.53. The minimum Gasteiger partial charge on any atom is -0.381 e. The molecule has 1 saturated carbocycles. The van der Waals surface area contributed by atoms with Crippen LogP contribution < -0.4 is 27.0 Å². The molecule has 0 spiro atoms. The summed E-state index contributed by atoms with van der Waals surface area (Å²) in [6.07, 6.45) is 12.7. The third-order valence-corrected chi connectivity index (χ3v) is 14.8. The molecule has 2 aromatic carbocycles. The number of nitrogens with zero attached hydrogens (tertiary/aromatic N) is 6. The molecule has 2 aromatic heterocycles. The van der Waals surface area contributed by atoms with Gasteiger partial charge in [-0.05, 0) is 81.2 Å². The van der Waals surface area contributed by atoms with Gasteiger partial charge in [0.25, 0.3) is 0 Å². The van der Waals surface area contributed by atoms with Crippen molar-refractivity contribution in [2.45, 2.75) is 107 Å². The van der Waals surface area contributed by atoms with Crippen LogP contribution in [0.2, 0.25) is 0 Å². The van der Waals surface area contributed by atoms with Crippen molar-refractivity contribution in [3.05, 3.63) is 75.8 Å². The van der Waals surface area contributed by atoms with Crippen LogP contribution in [0.1, 0.15) is 107 Å². The molecule has 2 saturated heterocycles. The van der Waals surface area contributed by atoms with Crippen LogP contribution in [-0.2, 0) is 42.6 Å². The maximum absolute atomic E-state index is 13.7.